The molecule has 0 aromatic carbocycles. The van der Waals surface area contributed by atoms with E-state index in [-0.39, 0.29) is 0 Å². The summed E-state index contributed by atoms with van der Waals surface area (Å²) in [5.74, 6) is 2.27. The molecule has 2 aromatic rings. The van der Waals surface area contributed by atoms with E-state index in [1.165, 1.54) is 12.8 Å². The molecule has 20 heavy (non-hydrogen) atoms. The summed E-state index contributed by atoms with van der Waals surface area (Å²) in [7, 11) is 1.90. The molecule has 7 heteroatoms. The summed E-state index contributed by atoms with van der Waals surface area (Å²) in [5.41, 5.74) is 0.834. The predicted molar refractivity (Wildman–Crippen MR) is 75.3 cm³/mol. The van der Waals surface area contributed by atoms with E-state index in [9.17, 15) is 0 Å². The maximum Gasteiger partial charge on any atom is 0.245 e. The van der Waals surface area contributed by atoms with Crippen molar-refractivity contribution in [1.29, 1.82) is 0 Å². The van der Waals surface area contributed by atoms with Gasteiger partial charge in [0, 0.05) is 32.4 Å². The first kappa shape index (κ1) is 11.9. The highest BCUT2D eigenvalue weighted by atomic mass is 15.4. The first-order chi connectivity index (χ1) is 9.79. The summed E-state index contributed by atoms with van der Waals surface area (Å²) in [4.78, 5) is 6.86. The minimum atomic E-state index is 0.598. The van der Waals surface area contributed by atoms with Crippen molar-refractivity contribution < 1.29 is 0 Å². The highest BCUT2D eigenvalue weighted by molar-refractivity contribution is 5.50. The largest absolute Gasteiger partial charge is 0.338 e. The first-order valence-corrected chi connectivity index (χ1v) is 7.20. The van der Waals surface area contributed by atoms with Crippen LogP contribution in [0, 0.1) is 5.92 Å². The molecule has 2 atom stereocenters. The van der Waals surface area contributed by atoms with Crippen LogP contribution in [0.3, 0.4) is 0 Å². The van der Waals surface area contributed by atoms with Crippen molar-refractivity contribution in [3.63, 3.8) is 0 Å². The fourth-order valence-corrected chi connectivity index (χ4v) is 3.26. The molecule has 106 valence electrons. The monoisotopic (exact) mass is 273 g/mol. The SMILES string of the molecule is Cn1ccc(-c2nc(N3CC4CCCNC4C3)n[nH]2)n1. The van der Waals surface area contributed by atoms with Crippen molar-refractivity contribution in [3.8, 4) is 11.5 Å². The van der Waals surface area contributed by atoms with Gasteiger partial charge in [0.2, 0.25) is 5.95 Å². The molecule has 0 bridgehead atoms. The van der Waals surface area contributed by atoms with E-state index in [1.807, 2.05) is 19.3 Å². The van der Waals surface area contributed by atoms with Crippen LogP contribution < -0.4 is 10.2 Å². The van der Waals surface area contributed by atoms with E-state index in [0.29, 0.717) is 6.04 Å². The van der Waals surface area contributed by atoms with E-state index in [4.69, 9.17) is 0 Å². The summed E-state index contributed by atoms with van der Waals surface area (Å²) in [5, 5.41) is 15.3. The van der Waals surface area contributed by atoms with Gasteiger partial charge in [-0.3, -0.25) is 9.78 Å². The number of hydrogen-bond donors (Lipinski definition) is 2. The molecular formula is C13H19N7. The summed E-state index contributed by atoms with van der Waals surface area (Å²) in [6.45, 7) is 3.20. The van der Waals surface area contributed by atoms with Gasteiger partial charge in [0.25, 0.3) is 0 Å². The van der Waals surface area contributed by atoms with Crippen molar-refractivity contribution in [3.05, 3.63) is 12.3 Å². The van der Waals surface area contributed by atoms with Crippen LogP contribution in [0.2, 0.25) is 0 Å². The molecule has 2 aromatic heterocycles. The minimum absolute atomic E-state index is 0.598. The van der Waals surface area contributed by atoms with Crippen LogP contribution >= 0.6 is 0 Å². The van der Waals surface area contributed by atoms with Gasteiger partial charge in [-0.25, -0.2) is 0 Å². The number of nitrogens with one attached hydrogen (secondary N) is 2. The number of aromatic amines is 1. The van der Waals surface area contributed by atoms with Crippen LogP contribution in [0.5, 0.6) is 0 Å². The van der Waals surface area contributed by atoms with Crippen molar-refractivity contribution in [1.82, 2.24) is 30.3 Å². The molecule has 2 fully saturated rings. The molecule has 2 N–H and O–H groups in total. The number of aryl methyl sites for hydroxylation is 1. The van der Waals surface area contributed by atoms with Crippen molar-refractivity contribution in [2.24, 2.45) is 13.0 Å². The zero-order valence-electron chi connectivity index (χ0n) is 11.6. The fourth-order valence-electron chi connectivity index (χ4n) is 3.26. The van der Waals surface area contributed by atoms with Gasteiger partial charge in [-0.2, -0.15) is 10.1 Å². The number of piperidine rings is 1. The summed E-state index contributed by atoms with van der Waals surface area (Å²) < 4.78 is 1.77. The Balaban J connectivity index is 1.54. The number of anilines is 1. The Kier molecular flexibility index (Phi) is 2.73. The summed E-state index contributed by atoms with van der Waals surface area (Å²) >= 11 is 0. The highest BCUT2D eigenvalue weighted by Crippen LogP contribution is 2.27. The van der Waals surface area contributed by atoms with Crippen molar-refractivity contribution in [2.45, 2.75) is 18.9 Å². The number of nitrogens with zero attached hydrogens (tertiary/aromatic N) is 5. The fraction of sp³-hybridized carbons (Fsp3) is 0.615. The molecule has 4 heterocycles. The van der Waals surface area contributed by atoms with Gasteiger partial charge in [-0.15, -0.1) is 5.10 Å². The average molecular weight is 273 g/mol. The van der Waals surface area contributed by atoms with Crippen molar-refractivity contribution >= 4 is 5.95 Å². The molecular weight excluding hydrogens is 254 g/mol. The highest BCUT2D eigenvalue weighted by Gasteiger charge is 2.35. The Hall–Kier alpha value is -1.89. The second kappa shape index (κ2) is 4.59. The first-order valence-electron chi connectivity index (χ1n) is 7.20. The van der Waals surface area contributed by atoms with Gasteiger partial charge in [-0.1, -0.05) is 0 Å². The molecule has 0 amide bonds. The molecule has 2 unspecified atom stereocenters. The Morgan fingerprint density at radius 1 is 1.35 bits per heavy atom. The maximum atomic E-state index is 4.59. The third kappa shape index (κ3) is 1.98. The normalized spacial score (nSPS) is 25.9. The Morgan fingerprint density at radius 2 is 2.30 bits per heavy atom. The Labute approximate surface area is 117 Å². The Morgan fingerprint density at radius 3 is 3.10 bits per heavy atom. The zero-order valence-corrected chi connectivity index (χ0v) is 11.6. The van der Waals surface area contributed by atoms with Gasteiger partial charge in [0.15, 0.2) is 5.82 Å². The number of H-pyrrole nitrogens is 1. The van der Waals surface area contributed by atoms with Crippen LogP contribution in [0.4, 0.5) is 5.95 Å². The van der Waals surface area contributed by atoms with E-state index in [2.05, 4.69) is 30.5 Å². The zero-order chi connectivity index (χ0) is 13.5. The molecule has 0 aliphatic carbocycles. The van der Waals surface area contributed by atoms with Gasteiger partial charge >= 0.3 is 0 Å². The maximum absolute atomic E-state index is 4.59. The van der Waals surface area contributed by atoms with Crippen LogP contribution in [-0.4, -0.2) is 50.6 Å². The van der Waals surface area contributed by atoms with Gasteiger partial charge in [0.05, 0.1) is 0 Å². The van der Waals surface area contributed by atoms with Crippen LogP contribution in [-0.2, 0) is 7.05 Å². The molecule has 0 spiro atoms. The lowest BCUT2D eigenvalue weighted by molar-refractivity contribution is 0.340. The lowest BCUT2D eigenvalue weighted by atomic mass is 9.94. The molecule has 2 aliphatic heterocycles. The number of fused-ring (bicyclic) bond motifs is 1. The van der Waals surface area contributed by atoms with Gasteiger partial charge in [0.1, 0.15) is 5.69 Å². The molecule has 0 saturated carbocycles. The summed E-state index contributed by atoms with van der Waals surface area (Å²) in [6.07, 6.45) is 4.50. The minimum Gasteiger partial charge on any atom is -0.338 e. The van der Waals surface area contributed by atoms with Crippen LogP contribution in [0.15, 0.2) is 12.3 Å². The second-order valence-electron chi connectivity index (χ2n) is 5.73. The molecule has 2 aliphatic rings. The third-order valence-corrected chi connectivity index (χ3v) is 4.31. The van der Waals surface area contributed by atoms with Crippen LogP contribution in [0.1, 0.15) is 12.8 Å². The van der Waals surface area contributed by atoms with Gasteiger partial charge in [-0.05, 0) is 31.4 Å². The number of rotatable bonds is 2. The van der Waals surface area contributed by atoms with Crippen LogP contribution in [0.25, 0.3) is 11.5 Å². The molecule has 7 nitrogen and oxygen atoms in total. The van der Waals surface area contributed by atoms with E-state index >= 15 is 0 Å². The van der Waals surface area contributed by atoms with E-state index in [0.717, 1.165) is 43.0 Å². The summed E-state index contributed by atoms with van der Waals surface area (Å²) in [6, 6.07) is 2.54. The van der Waals surface area contributed by atoms with Crippen molar-refractivity contribution in [2.75, 3.05) is 24.5 Å². The standard InChI is InChI=1S/C13H19N7/c1-19-6-4-10(18-19)12-15-13(17-16-12)20-7-9-3-2-5-14-11(9)8-20/h4,6,9,11,14H,2-3,5,7-8H2,1H3,(H,15,16,17). The number of aromatic nitrogens is 5. The molecule has 0 radical (unpaired) electrons. The van der Waals surface area contributed by atoms with E-state index in [1.54, 1.807) is 4.68 Å². The average Bonchev–Trinajstić information content (AvgIpc) is 3.16. The smallest absolute Gasteiger partial charge is 0.245 e. The quantitative estimate of drug-likeness (QED) is 0.828. The lowest BCUT2D eigenvalue weighted by Gasteiger charge is -2.24. The molecule has 4 rings (SSSR count). The predicted octanol–water partition coefficient (Wildman–Crippen LogP) is 0.393. The number of hydrogen-bond acceptors (Lipinski definition) is 5. The van der Waals surface area contributed by atoms with Gasteiger partial charge < -0.3 is 10.2 Å². The molecule has 2 saturated heterocycles. The van der Waals surface area contributed by atoms with E-state index < -0.39 is 0 Å². The topological polar surface area (TPSA) is 74.7 Å². The third-order valence-electron chi connectivity index (χ3n) is 4.31. The Bertz CT molecular complexity index is 587. The second-order valence-corrected chi connectivity index (χ2v) is 5.73. The lowest BCUT2D eigenvalue weighted by Crippen LogP contribution is -2.40.